The van der Waals surface area contributed by atoms with Crippen molar-refractivity contribution in [3.8, 4) is 0 Å². The van der Waals surface area contributed by atoms with Crippen molar-refractivity contribution >= 4 is 29.3 Å². The lowest BCUT2D eigenvalue weighted by atomic mass is 9.95. The third kappa shape index (κ3) is 5.17. The van der Waals surface area contributed by atoms with Gasteiger partial charge in [0.05, 0.1) is 13.1 Å². The van der Waals surface area contributed by atoms with Gasteiger partial charge in [-0.1, -0.05) is 11.8 Å². The van der Waals surface area contributed by atoms with Gasteiger partial charge in [0.2, 0.25) is 5.91 Å². The van der Waals surface area contributed by atoms with Gasteiger partial charge in [-0.05, 0) is 31.2 Å². The number of nitrogens with two attached hydrogens (primary N) is 1. The number of likely N-dealkylation sites (tertiary alicyclic amines) is 1. The number of carbonyl (C=O) groups excluding carboxylic acids is 2. The van der Waals surface area contributed by atoms with Crippen molar-refractivity contribution < 1.29 is 23.3 Å². The average molecular weight is 358 g/mol. The minimum atomic E-state index is -2.46. The van der Waals surface area contributed by atoms with E-state index in [-0.39, 0.29) is 23.8 Å². The summed E-state index contributed by atoms with van der Waals surface area (Å²) in [5, 5.41) is 2.81. The van der Waals surface area contributed by atoms with Crippen molar-refractivity contribution in [1.82, 2.24) is 0 Å². The second-order valence-electron chi connectivity index (χ2n) is 5.95. The van der Waals surface area contributed by atoms with Crippen LogP contribution in [0.5, 0.6) is 0 Å². The second kappa shape index (κ2) is 8.43. The van der Waals surface area contributed by atoms with Crippen LogP contribution in [0.3, 0.4) is 0 Å². The molecule has 2 rings (SSSR count). The number of hydrogen-bond acceptors (Lipinski definition) is 3. The van der Waals surface area contributed by atoms with E-state index in [1.165, 1.54) is 0 Å². The molecule has 0 aromatic heterocycles. The molecule has 1 aliphatic rings. The predicted molar refractivity (Wildman–Crippen MR) is 89.0 cm³/mol. The van der Waals surface area contributed by atoms with Crippen LogP contribution in [0.1, 0.15) is 19.8 Å². The molecule has 2 amide bonds. The summed E-state index contributed by atoms with van der Waals surface area (Å²) in [7, 11) is 0. The van der Waals surface area contributed by atoms with E-state index in [0.717, 1.165) is 18.0 Å². The van der Waals surface area contributed by atoms with E-state index in [1.54, 1.807) is 24.3 Å². The van der Waals surface area contributed by atoms with E-state index in [4.69, 9.17) is 5.73 Å². The summed E-state index contributed by atoms with van der Waals surface area (Å²) in [4.78, 5) is 25.1. The Bertz CT molecular complexity index is 575. The molecule has 1 heterocycles. The fraction of sp³-hybridized carbons (Fsp3) is 0.500. The molecule has 1 saturated heterocycles. The number of anilines is 1. The molecule has 0 radical (unpaired) electrons. The Labute approximate surface area is 144 Å². The van der Waals surface area contributed by atoms with Crippen LogP contribution in [0.15, 0.2) is 29.2 Å². The molecule has 132 valence electrons. The monoisotopic (exact) mass is 358 g/mol. The van der Waals surface area contributed by atoms with Crippen molar-refractivity contribution in [2.45, 2.75) is 36.5 Å². The van der Waals surface area contributed by atoms with Crippen LogP contribution in [0.4, 0.5) is 14.5 Å². The number of rotatable bonds is 6. The molecule has 4 N–H and O–H groups in total. The van der Waals surface area contributed by atoms with Crippen molar-refractivity contribution in [2.24, 2.45) is 11.7 Å². The van der Waals surface area contributed by atoms with Crippen molar-refractivity contribution in [2.75, 3.05) is 18.4 Å². The van der Waals surface area contributed by atoms with Gasteiger partial charge in [-0.25, -0.2) is 0 Å². The molecule has 1 atom stereocenters. The number of primary amides is 1. The molecule has 1 aromatic rings. The number of nitrogens with one attached hydrogen (secondary N) is 2. The molecule has 1 aromatic carbocycles. The number of quaternary nitrogens is 1. The molecule has 0 saturated carbocycles. The smallest absolute Gasteiger partial charge is 0.288 e. The van der Waals surface area contributed by atoms with Crippen LogP contribution in [-0.2, 0) is 9.59 Å². The summed E-state index contributed by atoms with van der Waals surface area (Å²) < 4.78 is 24.6. The maximum Gasteiger partial charge on any atom is 0.288 e. The highest BCUT2D eigenvalue weighted by atomic mass is 32.2. The molecule has 1 fully saturated rings. The molecule has 5 nitrogen and oxygen atoms in total. The van der Waals surface area contributed by atoms with Crippen LogP contribution in [-0.4, -0.2) is 36.7 Å². The lowest BCUT2D eigenvalue weighted by Crippen LogP contribution is -3.17. The Hall–Kier alpha value is -1.67. The van der Waals surface area contributed by atoms with E-state index in [0.29, 0.717) is 35.2 Å². The van der Waals surface area contributed by atoms with Crippen LogP contribution >= 0.6 is 11.8 Å². The third-order valence-corrected chi connectivity index (χ3v) is 5.11. The maximum absolute atomic E-state index is 12.3. The van der Waals surface area contributed by atoms with Gasteiger partial charge in [0.1, 0.15) is 0 Å². The van der Waals surface area contributed by atoms with Crippen molar-refractivity contribution in [3.05, 3.63) is 24.3 Å². The van der Waals surface area contributed by atoms with E-state index in [1.807, 2.05) is 6.92 Å². The zero-order valence-electron chi connectivity index (χ0n) is 13.4. The maximum atomic E-state index is 12.3. The zero-order chi connectivity index (χ0) is 17.7. The number of thioether (sulfide) groups is 1. The summed E-state index contributed by atoms with van der Waals surface area (Å²) in [6.45, 7) is 3.30. The Balaban J connectivity index is 1.86. The van der Waals surface area contributed by atoms with Gasteiger partial charge in [0, 0.05) is 29.3 Å². The minimum absolute atomic E-state index is 0.0936. The molecule has 24 heavy (non-hydrogen) atoms. The summed E-state index contributed by atoms with van der Waals surface area (Å²) in [5.41, 5.74) is 5.90. The first-order valence-electron chi connectivity index (χ1n) is 7.86. The van der Waals surface area contributed by atoms with Gasteiger partial charge < -0.3 is 16.0 Å². The minimum Gasteiger partial charge on any atom is -0.369 e. The standard InChI is InChI=1S/C16H21F2N3O2S/c1-10(21-8-6-11(7-9-21)14(19)22)15(23)20-12-2-4-13(5-3-12)24-16(17)18/h2-5,10-11,16H,6-9H2,1H3,(H2,19,22)(H,20,23)/p+1/t10-/m0/s1. The molecule has 1 aliphatic heterocycles. The summed E-state index contributed by atoms with van der Waals surface area (Å²) in [6, 6.07) is 6.09. The Morgan fingerprint density at radius 2 is 1.83 bits per heavy atom. The topological polar surface area (TPSA) is 76.6 Å². The third-order valence-electron chi connectivity index (χ3n) is 4.38. The number of benzene rings is 1. The van der Waals surface area contributed by atoms with Crippen LogP contribution in [0, 0.1) is 5.92 Å². The number of halogens is 2. The number of piperidine rings is 1. The number of amides is 2. The van der Waals surface area contributed by atoms with E-state index >= 15 is 0 Å². The van der Waals surface area contributed by atoms with E-state index in [9.17, 15) is 18.4 Å². The highest BCUT2D eigenvalue weighted by Gasteiger charge is 2.31. The normalized spacial score (nSPS) is 22.2. The van der Waals surface area contributed by atoms with E-state index in [2.05, 4.69) is 5.32 Å². The Morgan fingerprint density at radius 1 is 1.25 bits per heavy atom. The van der Waals surface area contributed by atoms with Gasteiger partial charge in [0.15, 0.2) is 6.04 Å². The fourth-order valence-corrected chi connectivity index (χ4v) is 3.36. The second-order valence-corrected chi connectivity index (χ2v) is 7.01. The number of carbonyl (C=O) groups is 2. The molecule has 0 unspecified atom stereocenters. The number of hydrogen-bond donors (Lipinski definition) is 3. The van der Waals surface area contributed by atoms with Gasteiger partial charge in [-0.2, -0.15) is 8.78 Å². The first kappa shape index (κ1) is 18.7. The fourth-order valence-electron chi connectivity index (χ4n) is 2.86. The van der Waals surface area contributed by atoms with Crippen LogP contribution in [0.2, 0.25) is 0 Å². The summed E-state index contributed by atoms with van der Waals surface area (Å²) in [5.74, 6) is -2.95. The molecule has 0 bridgehead atoms. The van der Waals surface area contributed by atoms with Crippen LogP contribution < -0.4 is 16.0 Å². The molecule has 0 aliphatic carbocycles. The highest BCUT2D eigenvalue weighted by Crippen LogP contribution is 2.26. The van der Waals surface area contributed by atoms with Gasteiger partial charge >= 0.3 is 0 Å². The van der Waals surface area contributed by atoms with Crippen molar-refractivity contribution in [1.29, 1.82) is 0 Å². The largest absolute Gasteiger partial charge is 0.369 e. The molecular weight excluding hydrogens is 336 g/mol. The lowest BCUT2D eigenvalue weighted by molar-refractivity contribution is -0.919. The van der Waals surface area contributed by atoms with Gasteiger partial charge in [-0.3, -0.25) is 9.59 Å². The van der Waals surface area contributed by atoms with Gasteiger partial charge in [0.25, 0.3) is 11.7 Å². The Kier molecular flexibility index (Phi) is 6.56. The number of alkyl halides is 2. The highest BCUT2D eigenvalue weighted by molar-refractivity contribution is 7.99. The Morgan fingerprint density at radius 3 is 2.33 bits per heavy atom. The first-order valence-corrected chi connectivity index (χ1v) is 8.74. The van der Waals surface area contributed by atoms with Gasteiger partial charge in [-0.15, -0.1) is 0 Å². The molecule has 0 spiro atoms. The van der Waals surface area contributed by atoms with Crippen LogP contribution in [0.25, 0.3) is 0 Å². The quantitative estimate of drug-likeness (QED) is 0.667. The molecule has 8 heteroatoms. The summed E-state index contributed by atoms with van der Waals surface area (Å²) in [6.07, 6.45) is 1.39. The zero-order valence-corrected chi connectivity index (χ0v) is 14.2. The first-order chi connectivity index (χ1) is 11.4. The van der Waals surface area contributed by atoms with E-state index < -0.39 is 5.76 Å². The SMILES string of the molecule is C[C@@H](C(=O)Nc1ccc(SC(F)F)cc1)[NH+]1CCC(C(N)=O)CC1. The predicted octanol–water partition coefficient (Wildman–Crippen LogP) is 1.11. The summed E-state index contributed by atoms with van der Waals surface area (Å²) >= 11 is 0.470. The molecular formula is C16H22F2N3O2S+. The average Bonchev–Trinajstić information content (AvgIpc) is 2.55. The van der Waals surface area contributed by atoms with Crippen molar-refractivity contribution in [3.63, 3.8) is 0 Å². The lowest BCUT2D eigenvalue weighted by Gasteiger charge is -2.31.